The molecule has 0 rings (SSSR count). The molecule has 0 aromatic heterocycles. The maximum Gasteiger partial charge on any atom is 0.306 e. The van der Waals surface area contributed by atoms with Crippen LogP contribution in [0.1, 0.15) is 387 Å². The monoisotopic (exact) mass is 1100 g/mol. The first-order valence-electron chi connectivity index (χ1n) is 35.0. The van der Waals surface area contributed by atoms with Crippen LogP contribution in [-0.2, 0) is 28.6 Å². The van der Waals surface area contributed by atoms with E-state index in [0.717, 1.165) is 83.5 Å². The molecule has 0 aliphatic heterocycles. The summed E-state index contributed by atoms with van der Waals surface area (Å²) in [5.41, 5.74) is 0. The molecule has 1 unspecified atom stereocenters. The molecule has 6 nitrogen and oxygen atoms in total. The summed E-state index contributed by atoms with van der Waals surface area (Å²) in [5, 5.41) is 0. The van der Waals surface area contributed by atoms with E-state index in [4.69, 9.17) is 14.2 Å². The summed E-state index contributed by atoms with van der Waals surface area (Å²) in [7, 11) is 0. The van der Waals surface area contributed by atoms with E-state index in [-0.39, 0.29) is 31.1 Å². The molecule has 0 spiro atoms. The zero-order valence-electron chi connectivity index (χ0n) is 52.7. The van der Waals surface area contributed by atoms with Crippen LogP contribution < -0.4 is 0 Å². The molecule has 0 aliphatic rings. The summed E-state index contributed by atoms with van der Waals surface area (Å²) >= 11 is 0. The number of hydrogen-bond acceptors (Lipinski definition) is 6. The summed E-state index contributed by atoms with van der Waals surface area (Å²) in [6.45, 7) is 6.62. The van der Waals surface area contributed by atoms with E-state index in [0.29, 0.717) is 19.3 Å². The van der Waals surface area contributed by atoms with Gasteiger partial charge in [-0.05, 0) is 70.6 Å². The van der Waals surface area contributed by atoms with E-state index >= 15 is 0 Å². The van der Waals surface area contributed by atoms with Gasteiger partial charge in [0.2, 0.25) is 0 Å². The van der Waals surface area contributed by atoms with Crippen molar-refractivity contribution < 1.29 is 28.6 Å². The Morgan fingerprint density at radius 2 is 0.487 bits per heavy atom. The van der Waals surface area contributed by atoms with Crippen LogP contribution in [0, 0.1) is 0 Å². The number of allylic oxidation sites excluding steroid dienone is 6. The first kappa shape index (κ1) is 75.6. The van der Waals surface area contributed by atoms with Crippen molar-refractivity contribution in [3.8, 4) is 0 Å². The average molecular weight is 1100 g/mol. The molecular formula is C72H134O6. The van der Waals surface area contributed by atoms with Crippen molar-refractivity contribution in [3.05, 3.63) is 36.5 Å². The molecule has 78 heavy (non-hydrogen) atoms. The predicted molar refractivity (Wildman–Crippen MR) is 339 cm³/mol. The van der Waals surface area contributed by atoms with Gasteiger partial charge in [-0.1, -0.05) is 333 Å². The molecule has 0 amide bonds. The lowest BCUT2D eigenvalue weighted by Crippen LogP contribution is -2.30. The standard InChI is InChI=1S/C72H134O6/c1-4-7-10-13-16-19-22-25-27-28-29-30-31-32-33-34-35-36-37-38-39-40-41-42-43-44-45-48-50-53-56-59-62-65-71(74)77-68-69(67-76-70(73)64-61-58-55-52-49-46-24-21-18-15-12-9-6-3)78-72(75)66-63-60-57-54-51-47-26-23-20-17-14-11-8-5-2/h12,15,21,24,28-29,69H,4-11,13-14,16-20,22-23,25-27,30-68H2,1-3H3/b15-12-,24-21-,29-28-. The first-order chi connectivity index (χ1) is 38.5. The molecule has 0 saturated heterocycles. The highest BCUT2D eigenvalue weighted by Crippen LogP contribution is 2.18. The molecule has 0 fully saturated rings. The summed E-state index contributed by atoms with van der Waals surface area (Å²) < 4.78 is 16.9. The lowest BCUT2D eigenvalue weighted by molar-refractivity contribution is -0.167. The Labute approximate surface area is 486 Å². The average Bonchev–Trinajstić information content (AvgIpc) is 3.44. The zero-order valence-corrected chi connectivity index (χ0v) is 52.7. The molecule has 6 heteroatoms. The second-order valence-corrected chi connectivity index (χ2v) is 23.8. The molecule has 0 radical (unpaired) electrons. The second kappa shape index (κ2) is 67.1. The van der Waals surface area contributed by atoms with E-state index in [9.17, 15) is 14.4 Å². The summed E-state index contributed by atoms with van der Waals surface area (Å²) in [6.07, 6.45) is 83.4. The van der Waals surface area contributed by atoms with Gasteiger partial charge >= 0.3 is 17.9 Å². The quantitative estimate of drug-likeness (QED) is 0.0261. The molecule has 0 aromatic rings. The highest BCUT2D eigenvalue weighted by molar-refractivity contribution is 5.71. The smallest absolute Gasteiger partial charge is 0.306 e. The van der Waals surface area contributed by atoms with Crippen LogP contribution in [0.3, 0.4) is 0 Å². The number of unbranched alkanes of at least 4 members (excludes halogenated alkanes) is 48. The summed E-state index contributed by atoms with van der Waals surface area (Å²) in [4.78, 5) is 38.3. The van der Waals surface area contributed by atoms with Gasteiger partial charge in [0, 0.05) is 19.3 Å². The van der Waals surface area contributed by atoms with E-state index in [1.54, 1.807) is 0 Å². The van der Waals surface area contributed by atoms with Gasteiger partial charge < -0.3 is 14.2 Å². The molecule has 1 atom stereocenters. The van der Waals surface area contributed by atoms with Crippen LogP contribution >= 0.6 is 0 Å². The van der Waals surface area contributed by atoms with E-state index < -0.39 is 6.10 Å². The molecule has 458 valence electrons. The number of hydrogen-bond donors (Lipinski definition) is 0. The Kier molecular flexibility index (Phi) is 65.1. The van der Waals surface area contributed by atoms with Gasteiger partial charge in [0.15, 0.2) is 6.10 Å². The van der Waals surface area contributed by atoms with Crippen LogP contribution in [0.15, 0.2) is 36.5 Å². The first-order valence-corrected chi connectivity index (χ1v) is 35.0. The van der Waals surface area contributed by atoms with E-state index in [2.05, 4.69) is 57.2 Å². The van der Waals surface area contributed by atoms with Crippen LogP contribution in [-0.4, -0.2) is 37.2 Å². The Balaban J connectivity index is 4.06. The fraction of sp³-hybridized carbons (Fsp3) is 0.875. The molecule has 0 saturated carbocycles. The lowest BCUT2D eigenvalue weighted by Gasteiger charge is -2.18. The number of ether oxygens (including phenoxy) is 3. The van der Waals surface area contributed by atoms with Gasteiger partial charge in [0.25, 0.3) is 0 Å². The molecule has 0 aliphatic carbocycles. The zero-order chi connectivity index (χ0) is 56.4. The third-order valence-corrected chi connectivity index (χ3v) is 15.8. The Morgan fingerprint density at radius 1 is 0.256 bits per heavy atom. The maximum atomic E-state index is 12.9. The minimum Gasteiger partial charge on any atom is -0.462 e. The van der Waals surface area contributed by atoms with Crippen molar-refractivity contribution in [3.63, 3.8) is 0 Å². The van der Waals surface area contributed by atoms with Gasteiger partial charge in [0.1, 0.15) is 13.2 Å². The fourth-order valence-corrected chi connectivity index (χ4v) is 10.6. The minimum atomic E-state index is -0.774. The lowest BCUT2D eigenvalue weighted by atomic mass is 10.0. The number of carbonyl (C=O) groups excluding carboxylic acids is 3. The molecule has 0 bridgehead atoms. The van der Waals surface area contributed by atoms with Gasteiger partial charge in [-0.15, -0.1) is 0 Å². The van der Waals surface area contributed by atoms with Crippen LogP contribution in [0.2, 0.25) is 0 Å². The van der Waals surface area contributed by atoms with Crippen LogP contribution in [0.5, 0.6) is 0 Å². The predicted octanol–water partition coefficient (Wildman–Crippen LogP) is 23.9. The molecule has 0 heterocycles. The number of carbonyl (C=O) groups is 3. The number of esters is 3. The second-order valence-electron chi connectivity index (χ2n) is 23.8. The number of rotatable bonds is 65. The van der Waals surface area contributed by atoms with Gasteiger partial charge in [-0.25, -0.2) is 0 Å². The van der Waals surface area contributed by atoms with Gasteiger partial charge in [-0.2, -0.15) is 0 Å². The molecular weight excluding hydrogens is 961 g/mol. The molecule has 0 N–H and O–H groups in total. The Morgan fingerprint density at radius 3 is 0.769 bits per heavy atom. The molecule has 0 aromatic carbocycles. The van der Waals surface area contributed by atoms with Crippen molar-refractivity contribution in [1.82, 2.24) is 0 Å². The minimum absolute atomic E-state index is 0.0710. The highest BCUT2D eigenvalue weighted by Gasteiger charge is 2.19. The van der Waals surface area contributed by atoms with E-state index in [1.165, 1.54) is 263 Å². The topological polar surface area (TPSA) is 78.9 Å². The van der Waals surface area contributed by atoms with Crippen molar-refractivity contribution in [2.45, 2.75) is 393 Å². The van der Waals surface area contributed by atoms with Crippen molar-refractivity contribution >= 4 is 17.9 Å². The van der Waals surface area contributed by atoms with Crippen molar-refractivity contribution in [2.24, 2.45) is 0 Å². The van der Waals surface area contributed by atoms with Crippen molar-refractivity contribution in [1.29, 1.82) is 0 Å². The third kappa shape index (κ3) is 64.5. The van der Waals surface area contributed by atoms with Gasteiger partial charge in [0.05, 0.1) is 0 Å². The third-order valence-electron chi connectivity index (χ3n) is 15.8. The van der Waals surface area contributed by atoms with Crippen molar-refractivity contribution in [2.75, 3.05) is 13.2 Å². The fourth-order valence-electron chi connectivity index (χ4n) is 10.6. The van der Waals surface area contributed by atoms with E-state index in [1.807, 2.05) is 0 Å². The normalized spacial score (nSPS) is 12.2. The Bertz CT molecular complexity index is 1300. The highest BCUT2D eigenvalue weighted by atomic mass is 16.6. The maximum absolute atomic E-state index is 12.9. The SMILES string of the molecule is CCC/C=C\C/C=C\CCCCCCCC(=O)OCC(COC(=O)CCCCCCCCCCCCCCCCCCCCCCC/C=C\CCCCCCCCCC)OC(=O)CCCCCCCCCCCCCCCC. The largest absolute Gasteiger partial charge is 0.462 e. The summed E-state index contributed by atoms with van der Waals surface area (Å²) in [5.74, 6) is -0.860. The Hall–Kier alpha value is -2.37. The summed E-state index contributed by atoms with van der Waals surface area (Å²) in [6, 6.07) is 0. The van der Waals surface area contributed by atoms with Crippen LogP contribution in [0.25, 0.3) is 0 Å². The van der Waals surface area contributed by atoms with Gasteiger partial charge in [-0.3, -0.25) is 14.4 Å². The van der Waals surface area contributed by atoms with Crippen LogP contribution in [0.4, 0.5) is 0 Å².